The van der Waals surface area contributed by atoms with Gasteiger partial charge in [-0.05, 0) is 31.2 Å². The van der Waals surface area contributed by atoms with Gasteiger partial charge in [0, 0.05) is 17.4 Å². The van der Waals surface area contributed by atoms with Crippen molar-refractivity contribution < 1.29 is 33.7 Å². The van der Waals surface area contributed by atoms with Gasteiger partial charge < -0.3 is 30.0 Å². The maximum absolute atomic E-state index is 12.3. The standard InChI is InChI=1S/C19H20N4O7/c1-9(29-12-7-22-15(18(26)28-2)14(12)17(24)25)13-8-23(19(27)30-13)11-5-3-10(4-6-11)16(20)21/h3-7,9,13,22H,8H2,1-2H3,(H3,20,21)(H,24,25). The second-order valence-electron chi connectivity index (χ2n) is 6.52. The van der Waals surface area contributed by atoms with Crippen molar-refractivity contribution in [2.75, 3.05) is 18.6 Å². The number of carboxylic acid groups (broad SMARTS) is 1. The molecule has 11 nitrogen and oxygen atoms in total. The van der Waals surface area contributed by atoms with Crippen LogP contribution >= 0.6 is 0 Å². The van der Waals surface area contributed by atoms with Crippen LogP contribution in [0.3, 0.4) is 0 Å². The summed E-state index contributed by atoms with van der Waals surface area (Å²) in [6, 6.07) is 6.52. The van der Waals surface area contributed by atoms with Crippen LogP contribution in [-0.4, -0.2) is 59.8 Å². The number of cyclic esters (lactones) is 1. The van der Waals surface area contributed by atoms with E-state index in [0.29, 0.717) is 11.3 Å². The van der Waals surface area contributed by atoms with Crippen molar-refractivity contribution in [2.24, 2.45) is 5.73 Å². The number of amidine groups is 1. The first-order chi connectivity index (χ1) is 14.2. The molecule has 2 unspecified atom stereocenters. The molecule has 1 amide bonds. The number of nitrogens with one attached hydrogen (secondary N) is 2. The van der Waals surface area contributed by atoms with Gasteiger partial charge in [0.2, 0.25) is 0 Å². The lowest BCUT2D eigenvalue weighted by molar-refractivity contribution is 0.0533. The minimum atomic E-state index is -1.37. The monoisotopic (exact) mass is 416 g/mol. The quantitative estimate of drug-likeness (QED) is 0.300. The number of H-pyrrole nitrogens is 1. The molecule has 158 valence electrons. The molecule has 11 heteroatoms. The van der Waals surface area contributed by atoms with E-state index in [-0.39, 0.29) is 29.4 Å². The van der Waals surface area contributed by atoms with Crippen molar-refractivity contribution in [2.45, 2.75) is 19.1 Å². The molecule has 5 N–H and O–H groups in total. The lowest BCUT2D eigenvalue weighted by Gasteiger charge is -2.19. The molecule has 2 heterocycles. The number of aromatic nitrogens is 1. The molecule has 1 aromatic carbocycles. The molecular weight excluding hydrogens is 396 g/mol. The van der Waals surface area contributed by atoms with Gasteiger partial charge in [-0.2, -0.15) is 0 Å². The number of esters is 1. The Labute approximate surface area is 170 Å². The van der Waals surface area contributed by atoms with E-state index in [2.05, 4.69) is 9.72 Å². The molecule has 0 aliphatic carbocycles. The first-order valence-corrected chi connectivity index (χ1v) is 8.85. The number of carboxylic acids is 1. The third kappa shape index (κ3) is 3.90. The minimum Gasteiger partial charge on any atom is -0.484 e. The summed E-state index contributed by atoms with van der Waals surface area (Å²) >= 11 is 0. The number of ether oxygens (including phenoxy) is 3. The predicted octanol–water partition coefficient (Wildman–Crippen LogP) is 1.58. The maximum Gasteiger partial charge on any atom is 0.414 e. The summed E-state index contributed by atoms with van der Waals surface area (Å²) in [6.07, 6.45) is -0.756. The molecule has 0 saturated carbocycles. The van der Waals surface area contributed by atoms with Crippen molar-refractivity contribution in [1.82, 2.24) is 4.98 Å². The highest BCUT2D eigenvalue weighted by atomic mass is 16.6. The van der Waals surface area contributed by atoms with Gasteiger partial charge in [-0.3, -0.25) is 10.3 Å². The zero-order valence-corrected chi connectivity index (χ0v) is 16.2. The first kappa shape index (κ1) is 20.7. The number of nitrogen functional groups attached to an aromatic ring is 1. The largest absolute Gasteiger partial charge is 0.484 e. The number of aromatic amines is 1. The van der Waals surface area contributed by atoms with Gasteiger partial charge in [0.05, 0.1) is 13.7 Å². The average molecular weight is 416 g/mol. The fraction of sp³-hybridized carbons (Fsp3) is 0.263. The Morgan fingerprint density at radius 3 is 2.60 bits per heavy atom. The van der Waals surface area contributed by atoms with Crippen molar-refractivity contribution >= 4 is 29.6 Å². The van der Waals surface area contributed by atoms with Gasteiger partial charge in [-0.1, -0.05) is 0 Å². The molecule has 30 heavy (non-hydrogen) atoms. The second-order valence-corrected chi connectivity index (χ2v) is 6.52. The van der Waals surface area contributed by atoms with E-state index in [4.69, 9.17) is 20.6 Å². The number of methoxy groups -OCH3 is 1. The fourth-order valence-electron chi connectivity index (χ4n) is 3.01. The van der Waals surface area contributed by atoms with E-state index >= 15 is 0 Å². The molecule has 0 radical (unpaired) electrons. The van der Waals surface area contributed by atoms with Crippen LogP contribution in [-0.2, 0) is 9.47 Å². The Kier molecular flexibility index (Phi) is 5.63. The molecular formula is C19H20N4O7. The highest BCUT2D eigenvalue weighted by Gasteiger charge is 2.37. The zero-order valence-electron chi connectivity index (χ0n) is 16.2. The van der Waals surface area contributed by atoms with Crippen LogP contribution < -0.4 is 15.4 Å². The van der Waals surface area contributed by atoms with Crippen molar-refractivity contribution in [3.8, 4) is 5.75 Å². The van der Waals surface area contributed by atoms with Crippen LogP contribution in [0.2, 0.25) is 0 Å². The summed E-state index contributed by atoms with van der Waals surface area (Å²) in [4.78, 5) is 39.5. The Morgan fingerprint density at radius 2 is 2.03 bits per heavy atom. The highest BCUT2D eigenvalue weighted by Crippen LogP contribution is 2.28. The third-order valence-electron chi connectivity index (χ3n) is 4.61. The normalized spacial score (nSPS) is 16.7. The van der Waals surface area contributed by atoms with Crippen LogP contribution in [0, 0.1) is 5.41 Å². The van der Waals surface area contributed by atoms with E-state index in [1.807, 2.05) is 0 Å². The summed E-state index contributed by atoms with van der Waals surface area (Å²) in [7, 11) is 1.13. The third-order valence-corrected chi connectivity index (χ3v) is 4.61. The fourth-order valence-corrected chi connectivity index (χ4v) is 3.01. The zero-order chi connectivity index (χ0) is 22.0. The topological polar surface area (TPSA) is 168 Å². The molecule has 2 atom stereocenters. The Hall–Kier alpha value is -4.02. The number of hydrogen-bond donors (Lipinski definition) is 4. The number of carbonyl (C=O) groups excluding carboxylic acids is 2. The van der Waals surface area contributed by atoms with Crippen molar-refractivity contribution in [3.63, 3.8) is 0 Å². The molecule has 3 rings (SSSR count). The number of amides is 1. The van der Waals surface area contributed by atoms with Gasteiger partial charge in [-0.15, -0.1) is 0 Å². The number of nitrogens with two attached hydrogens (primary N) is 1. The Morgan fingerprint density at radius 1 is 1.37 bits per heavy atom. The Balaban J connectivity index is 1.74. The molecule has 1 aliphatic rings. The summed E-state index contributed by atoms with van der Waals surface area (Å²) < 4.78 is 15.6. The van der Waals surface area contributed by atoms with Crippen molar-refractivity contribution in [3.05, 3.63) is 47.3 Å². The summed E-state index contributed by atoms with van der Waals surface area (Å²) in [6.45, 7) is 1.78. The number of rotatable bonds is 7. The highest BCUT2D eigenvalue weighted by molar-refractivity contribution is 6.03. The van der Waals surface area contributed by atoms with Crippen LogP contribution in [0.5, 0.6) is 5.75 Å². The van der Waals surface area contributed by atoms with E-state index in [1.54, 1.807) is 31.2 Å². The Bertz CT molecular complexity index is 999. The van der Waals surface area contributed by atoms with E-state index in [1.165, 1.54) is 11.1 Å². The molecule has 1 fully saturated rings. The molecule has 1 aromatic heterocycles. The summed E-state index contributed by atoms with van der Waals surface area (Å²) in [5.74, 6) is -2.37. The average Bonchev–Trinajstić information content (AvgIpc) is 3.31. The van der Waals surface area contributed by atoms with Gasteiger partial charge in [-0.25, -0.2) is 14.4 Å². The first-order valence-electron chi connectivity index (χ1n) is 8.85. The van der Waals surface area contributed by atoms with Crippen LogP contribution in [0.25, 0.3) is 0 Å². The smallest absolute Gasteiger partial charge is 0.414 e. The minimum absolute atomic E-state index is 0.0734. The second kappa shape index (κ2) is 8.15. The molecule has 1 aliphatic heterocycles. The van der Waals surface area contributed by atoms with Crippen LogP contribution in [0.4, 0.5) is 10.5 Å². The molecule has 0 bridgehead atoms. The summed E-state index contributed by atoms with van der Waals surface area (Å²) in [5, 5.41) is 16.8. The van der Waals surface area contributed by atoms with Crippen LogP contribution in [0.15, 0.2) is 30.5 Å². The number of hydrogen-bond acceptors (Lipinski definition) is 7. The van der Waals surface area contributed by atoms with Crippen LogP contribution in [0.1, 0.15) is 33.3 Å². The van der Waals surface area contributed by atoms with Crippen molar-refractivity contribution in [1.29, 1.82) is 5.41 Å². The van der Waals surface area contributed by atoms with E-state index < -0.39 is 30.2 Å². The van der Waals surface area contributed by atoms with Gasteiger partial charge >= 0.3 is 18.0 Å². The van der Waals surface area contributed by atoms with Gasteiger partial charge in [0.1, 0.15) is 23.2 Å². The maximum atomic E-state index is 12.3. The lowest BCUT2D eigenvalue weighted by atomic mass is 10.1. The lowest BCUT2D eigenvalue weighted by Crippen LogP contribution is -2.33. The van der Waals surface area contributed by atoms with Gasteiger partial charge in [0.25, 0.3) is 0 Å². The van der Waals surface area contributed by atoms with E-state index in [0.717, 1.165) is 7.11 Å². The van der Waals surface area contributed by atoms with E-state index in [9.17, 15) is 19.5 Å². The molecule has 1 saturated heterocycles. The number of nitrogens with zero attached hydrogens (tertiary/aromatic N) is 1. The predicted molar refractivity (Wildman–Crippen MR) is 104 cm³/mol. The van der Waals surface area contributed by atoms with Gasteiger partial charge in [0.15, 0.2) is 11.9 Å². The summed E-state index contributed by atoms with van der Waals surface area (Å²) in [5.41, 5.74) is 5.90. The number of anilines is 1. The number of benzene rings is 1. The SMILES string of the molecule is COC(=O)c1[nH]cc(OC(C)C2CN(c3ccc(C(=N)N)cc3)C(=O)O2)c1C(=O)O. The number of carbonyl (C=O) groups is 3. The molecule has 2 aromatic rings. The molecule has 0 spiro atoms. The number of aromatic carboxylic acids is 1.